The number of aromatic nitrogens is 2. The van der Waals surface area contributed by atoms with Crippen molar-refractivity contribution in [3.05, 3.63) is 46.7 Å². The molecule has 35 heavy (non-hydrogen) atoms. The van der Waals surface area contributed by atoms with E-state index >= 15 is 0 Å². The van der Waals surface area contributed by atoms with Gasteiger partial charge in [-0.05, 0) is 36.5 Å². The van der Waals surface area contributed by atoms with E-state index in [4.69, 9.17) is 16.6 Å². The minimum atomic E-state index is -0.606. The number of rotatable bonds is 7. The average molecular weight is 499 g/mol. The highest BCUT2D eigenvalue weighted by molar-refractivity contribution is 6.30. The van der Waals surface area contributed by atoms with E-state index in [0.29, 0.717) is 29.8 Å². The Hall–Kier alpha value is -2.26. The van der Waals surface area contributed by atoms with Crippen LogP contribution in [0.5, 0.6) is 0 Å². The molecule has 0 radical (unpaired) electrons. The van der Waals surface area contributed by atoms with Crippen LogP contribution >= 0.6 is 11.6 Å². The van der Waals surface area contributed by atoms with Crippen molar-refractivity contribution >= 4 is 29.1 Å². The highest BCUT2D eigenvalue weighted by atomic mass is 35.5. The number of hydrogen-bond donors (Lipinski definition) is 3. The third-order valence-corrected chi connectivity index (χ3v) is 7.89. The van der Waals surface area contributed by atoms with E-state index in [1.165, 1.54) is 0 Å². The third kappa shape index (κ3) is 4.89. The summed E-state index contributed by atoms with van der Waals surface area (Å²) in [5.41, 5.74) is 2.12. The van der Waals surface area contributed by atoms with Gasteiger partial charge in [-0.25, -0.2) is 9.97 Å². The maximum absolute atomic E-state index is 12.0. The average Bonchev–Trinajstić information content (AvgIpc) is 3.08. The van der Waals surface area contributed by atoms with Crippen molar-refractivity contribution in [1.82, 2.24) is 20.2 Å². The number of aliphatic hydroxyl groups excluding tert-OH is 1. The second kappa shape index (κ2) is 10.0. The molecule has 2 saturated heterocycles. The Balaban J connectivity index is 1.38. The lowest BCUT2D eigenvalue weighted by Gasteiger charge is -2.46. The summed E-state index contributed by atoms with van der Waals surface area (Å²) in [6.45, 7) is 8.54. The summed E-state index contributed by atoms with van der Waals surface area (Å²) in [5, 5.41) is 18.7. The number of hydrogen-bond acceptors (Lipinski definition) is 7. The zero-order valence-electron chi connectivity index (χ0n) is 20.6. The van der Waals surface area contributed by atoms with Gasteiger partial charge in [-0.15, -0.1) is 0 Å². The van der Waals surface area contributed by atoms with Gasteiger partial charge in [0.05, 0.1) is 0 Å². The van der Waals surface area contributed by atoms with Crippen molar-refractivity contribution in [2.45, 2.75) is 76.2 Å². The predicted molar refractivity (Wildman–Crippen MR) is 138 cm³/mol. The first kappa shape index (κ1) is 24.4. The summed E-state index contributed by atoms with van der Waals surface area (Å²) in [7, 11) is 0. The molecule has 1 aromatic carbocycles. The van der Waals surface area contributed by atoms with Crippen molar-refractivity contribution in [3.63, 3.8) is 0 Å². The number of aliphatic hydroxyl groups is 1. The number of carbonyl (C=O) groups excluding carboxylic acids is 1. The van der Waals surface area contributed by atoms with Crippen LogP contribution in [-0.2, 0) is 4.79 Å². The molecule has 2 fully saturated rings. The summed E-state index contributed by atoms with van der Waals surface area (Å²) in [6.07, 6.45) is 3.52. The number of piperazine rings is 1. The lowest BCUT2D eigenvalue weighted by atomic mass is 9.93. The van der Waals surface area contributed by atoms with Gasteiger partial charge >= 0.3 is 0 Å². The van der Waals surface area contributed by atoms with Gasteiger partial charge in [0.2, 0.25) is 5.91 Å². The lowest BCUT2D eigenvalue weighted by molar-refractivity contribution is -0.116. The summed E-state index contributed by atoms with van der Waals surface area (Å²) >= 11 is 6.13. The van der Waals surface area contributed by atoms with E-state index in [0.717, 1.165) is 42.9 Å². The molecule has 0 saturated carbocycles. The van der Waals surface area contributed by atoms with Gasteiger partial charge in [-0.3, -0.25) is 9.69 Å². The Morgan fingerprint density at radius 2 is 1.86 bits per heavy atom. The van der Waals surface area contributed by atoms with Gasteiger partial charge in [0.1, 0.15) is 24.2 Å². The van der Waals surface area contributed by atoms with Gasteiger partial charge in [-0.2, -0.15) is 0 Å². The molecular weight excluding hydrogens is 464 g/mol. The minimum absolute atomic E-state index is 0.00816. The Kier molecular flexibility index (Phi) is 6.99. The van der Waals surface area contributed by atoms with Crippen molar-refractivity contribution in [2.24, 2.45) is 0 Å². The van der Waals surface area contributed by atoms with Crippen LogP contribution in [0.15, 0.2) is 30.6 Å². The highest BCUT2D eigenvalue weighted by Crippen LogP contribution is 2.42. The molecule has 1 aromatic heterocycles. The maximum Gasteiger partial charge on any atom is 0.226 e. The molecule has 9 heteroatoms. The number of amides is 1. The van der Waals surface area contributed by atoms with Crippen LogP contribution in [0.4, 0.5) is 11.6 Å². The van der Waals surface area contributed by atoms with Crippen LogP contribution < -0.4 is 15.5 Å². The molecule has 8 nitrogen and oxygen atoms in total. The number of anilines is 2. The van der Waals surface area contributed by atoms with E-state index in [2.05, 4.69) is 46.2 Å². The number of benzene rings is 1. The zero-order chi connectivity index (χ0) is 24.7. The summed E-state index contributed by atoms with van der Waals surface area (Å²) in [5.74, 6) is 1.61. The number of carbonyl (C=O) groups is 1. The van der Waals surface area contributed by atoms with Crippen molar-refractivity contribution < 1.29 is 9.90 Å². The predicted octanol–water partition coefficient (Wildman–Crippen LogP) is 3.33. The van der Waals surface area contributed by atoms with E-state index in [-0.39, 0.29) is 29.8 Å². The normalized spacial score (nSPS) is 25.9. The zero-order valence-corrected chi connectivity index (χ0v) is 21.4. The van der Waals surface area contributed by atoms with Crippen LogP contribution in [-0.4, -0.2) is 69.9 Å². The van der Waals surface area contributed by atoms with Crippen molar-refractivity contribution in [1.29, 1.82) is 0 Å². The lowest BCUT2D eigenvalue weighted by Crippen LogP contribution is -2.58. The first-order valence-electron chi connectivity index (χ1n) is 12.7. The number of likely N-dealkylation sites (tertiary alicyclic amines) is 1. The molecule has 5 atom stereocenters. The Bertz CT molecular complexity index is 1050. The van der Waals surface area contributed by atoms with E-state index in [9.17, 15) is 9.90 Å². The van der Waals surface area contributed by atoms with Gasteiger partial charge in [0.25, 0.3) is 0 Å². The third-order valence-electron chi connectivity index (χ3n) is 7.64. The molecule has 0 aliphatic carbocycles. The summed E-state index contributed by atoms with van der Waals surface area (Å²) in [6, 6.07) is 8.68. The largest absolute Gasteiger partial charge is 0.378 e. The molecule has 2 aromatic rings. The smallest absolute Gasteiger partial charge is 0.226 e. The standard InChI is InChI=1S/C26H35ClN6O2/c1-15(2)28-11-21(17-4-6-18(27)7-5-17)26(35)32-12-19-8-9-20(13-32)33(19)25-23-16(3)10-22(34)31-24(23)29-14-30-25/h4-7,14-16,19-21,26,28,35H,8-13H2,1-3H3,(H,29,30,31,34)/t16-,19?,20?,21-,26?/m1/s1. The molecule has 4 heterocycles. The fourth-order valence-corrected chi connectivity index (χ4v) is 6.05. The second-order valence-electron chi connectivity index (χ2n) is 10.5. The summed E-state index contributed by atoms with van der Waals surface area (Å²) in [4.78, 5) is 25.8. The van der Waals surface area contributed by atoms with Crippen molar-refractivity contribution in [3.8, 4) is 0 Å². The van der Waals surface area contributed by atoms with E-state index in [1.54, 1.807) is 6.33 Å². The van der Waals surface area contributed by atoms with Gasteiger partial charge in [0.15, 0.2) is 0 Å². The molecule has 2 bridgehead atoms. The Morgan fingerprint density at radius 3 is 2.51 bits per heavy atom. The van der Waals surface area contributed by atoms with Crippen LogP contribution in [0.25, 0.3) is 0 Å². The second-order valence-corrected chi connectivity index (χ2v) is 10.9. The summed E-state index contributed by atoms with van der Waals surface area (Å²) < 4.78 is 0. The SMILES string of the molecule is CC(C)NC[C@H](c1ccc(Cl)cc1)C(O)N1CC2CCC(C1)N2c1ncnc2c1[C@H](C)CC(=O)N2. The van der Waals surface area contributed by atoms with Crippen LogP contribution in [0.2, 0.25) is 5.02 Å². The van der Waals surface area contributed by atoms with Crippen molar-refractivity contribution in [2.75, 3.05) is 29.9 Å². The van der Waals surface area contributed by atoms with E-state index < -0.39 is 6.23 Å². The maximum atomic E-state index is 12.0. The topological polar surface area (TPSA) is 93.6 Å². The van der Waals surface area contributed by atoms with Crippen LogP contribution in [0.3, 0.4) is 0 Å². The fraction of sp³-hybridized carbons (Fsp3) is 0.577. The molecule has 3 unspecified atom stereocenters. The Labute approximate surface area is 212 Å². The van der Waals surface area contributed by atoms with Crippen LogP contribution in [0, 0.1) is 0 Å². The quantitative estimate of drug-likeness (QED) is 0.539. The molecule has 0 spiro atoms. The monoisotopic (exact) mass is 498 g/mol. The number of fused-ring (bicyclic) bond motifs is 3. The number of nitrogens with zero attached hydrogens (tertiary/aromatic N) is 4. The first-order chi connectivity index (χ1) is 16.8. The fourth-order valence-electron chi connectivity index (χ4n) is 5.93. The van der Waals surface area contributed by atoms with Gasteiger partial charge in [0, 0.05) is 60.7 Å². The minimum Gasteiger partial charge on any atom is -0.378 e. The molecular formula is C26H35ClN6O2. The number of nitrogens with one attached hydrogen (secondary N) is 2. The molecule has 3 aliphatic rings. The molecule has 3 N–H and O–H groups in total. The van der Waals surface area contributed by atoms with Crippen LogP contribution in [0.1, 0.15) is 63.0 Å². The highest BCUT2D eigenvalue weighted by Gasteiger charge is 2.45. The Morgan fingerprint density at radius 1 is 1.17 bits per heavy atom. The van der Waals surface area contributed by atoms with E-state index in [1.807, 2.05) is 24.3 Å². The molecule has 5 rings (SSSR count). The molecule has 1 amide bonds. The first-order valence-corrected chi connectivity index (χ1v) is 13.0. The molecule has 188 valence electrons. The van der Waals surface area contributed by atoms with Gasteiger partial charge in [-0.1, -0.05) is 44.5 Å². The number of halogens is 1. The van der Waals surface area contributed by atoms with Gasteiger partial charge < -0.3 is 20.6 Å². The molecule has 3 aliphatic heterocycles.